The predicted molar refractivity (Wildman–Crippen MR) is 106 cm³/mol. The summed E-state index contributed by atoms with van der Waals surface area (Å²) in [6.45, 7) is 0. The monoisotopic (exact) mass is 376 g/mol. The largest absolute Gasteiger partial charge is 0.508 e. The molecule has 2 aromatic carbocycles. The Morgan fingerprint density at radius 2 is 1.79 bits per heavy atom. The van der Waals surface area contributed by atoms with Gasteiger partial charge in [-0.3, -0.25) is 19.7 Å². The van der Waals surface area contributed by atoms with Crippen molar-refractivity contribution in [2.24, 2.45) is 0 Å². The van der Waals surface area contributed by atoms with Crippen LogP contribution in [-0.4, -0.2) is 26.6 Å². The van der Waals surface area contributed by atoms with Gasteiger partial charge < -0.3 is 10.1 Å². The number of carbonyl (C=O) groups is 2. The second-order valence-electron chi connectivity index (χ2n) is 6.10. The number of nitro benzene ring substituents is 1. The van der Waals surface area contributed by atoms with Gasteiger partial charge in [-0.1, -0.05) is 18.2 Å². The van der Waals surface area contributed by atoms with E-state index in [0.717, 1.165) is 28.6 Å². The first-order valence-corrected chi connectivity index (χ1v) is 8.39. The molecule has 0 atom stereocenters. The molecule has 0 spiro atoms. The van der Waals surface area contributed by atoms with Crippen LogP contribution in [0.4, 0.5) is 5.69 Å². The van der Waals surface area contributed by atoms with Gasteiger partial charge in [0.2, 0.25) is 0 Å². The Morgan fingerprint density at radius 3 is 2.54 bits per heavy atom. The van der Waals surface area contributed by atoms with Gasteiger partial charge in [-0.05, 0) is 53.4 Å². The van der Waals surface area contributed by atoms with Crippen molar-refractivity contribution < 1.29 is 19.6 Å². The Morgan fingerprint density at radius 1 is 1.04 bits per heavy atom. The summed E-state index contributed by atoms with van der Waals surface area (Å²) in [5, 5.41) is 21.5. The van der Waals surface area contributed by atoms with E-state index in [1.807, 2.05) is 30.5 Å². The lowest BCUT2D eigenvalue weighted by Crippen LogP contribution is -2.02. The van der Waals surface area contributed by atoms with Crippen molar-refractivity contribution in [1.29, 1.82) is 0 Å². The number of nitrogens with zero attached hydrogens (tertiary/aromatic N) is 1. The molecule has 140 valence electrons. The fourth-order valence-electron chi connectivity index (χ4n) is 2.67. The van der Waals surface area contributed by atoms with E-state index >= 15 is 0 Å². The van der Waals surface area contributed by atoms with Crippen molar-refractivity contribution in [3.05, 3.63) is 82.1 Å². The number of aromatic nitrogens is 1. The normalized spacial score (nSPS) is 11.4. The third kappa shape index (κ3) is 4.59. The van der Waals surface area contributed by atoms with E-state index in [9.17, 15) is 24.8 Å². The molecule has 1 aromatic heterocycles. The maximum Gasteiger partial charge on any atom is 0.276 e. The van der Waals surface area contributed by atoms with Crippen molar-refractivity contribution in [2.45, 2.75) is 6.42 Å². The molecule has 0 unspecified atom stereocenters. The summed E-state index contributed by atoms with van der Waals surface area (Å²) in [6.07, 6.45) is 6.73. The van der Waals surface area contributed by atoms with Gasteiger partial charge in [-0.2, -0.15) is 0 Å². The second kappa shape index (κ2) is 8.13. The molecule has 0 saturated carbocycles. The van der Waals surface area contributed by atoms with Gasteiger partial charge in [0.1, 0.15) is 5.75 Å². The number of phenols is 1. The van der Waals surface area contributed by atoms with Crippen LogP contribution >= 0.6 is 0 Å². The first-order valence-electron chi connectivity index (χ1n) is 8.39. The first kappa shape index (κ1) is 18.8. The van der Waals surface area contributed by atoms with Crippen LogP contribution in [0, 0.1) is 10.1 Å². The average Bonchev–Trinajstić information content (AvgIpc) is 3.12. The average molecular weight is 376 g/mol. The van der Waals surface area contributed by atoms with Crippen LogP contribution < -0.4 is 0 Å². The molecule has 0 saturated heterocycles. The highest BCUT2D eigenvalue weighted by Gasteiger charge is 2.12. The van der Waals surface area contributed by atoms with E-state index in [1.165, 1.54) is 24.3 Å². The Balaban J connectivity index is 1.64. The highest BCUT2D eigenvalue weighted by atomic mass is 16.6. The highest BCUT2D eigenvalue weighted by Crippen LogP contribution is 2.24. The van der Waals surface area contributed by atoms with Gasteiger partial charge in [0.15, 0.2) is 11.6 Å². The van der Waals surface area contributed by atoms with Gasteiger partial charge in [-0.15, -0.1) is 0 Å². The zero-order valence-electron chi connectivity index (χ0n) is 14.7. The number of ketones is 2. The fourth-order valence-corrected chi connectivity index (χ4v) is 2.67. The third-order valence-electron chi connectivity index (χ3n) is 4.05. The molecule has 0 radical (unpaired) electrons. The molecule has 1 heterocycles. The molecule has 0 amide bonds. The Bertz CT molecular complexity index is 1120. The number of nitrogens with one attached hydrogen (secondary N) is 1. The highest BCUT2D eigenvalue weighted by molar-refractivity contribution is 6.11. The van der Waals surface area contributed by atoms with E-state index in [4.69, 9.17) is 0 Å². The van der Waals surface area contributed by atoms with Gasteiger partial charge >= 0.3 is 0 Å². The van der Waals surface area contributed by atoms with Gasteiger partial charge in [0.05, 0.1) is 16.9 Å². The van der Waals surface area contributed by atoms with E-state index < -0.39 is 10.7 Å². The molecule has 7 nitrogen and oxygen atoms in total. The zero-order valence-corrected chi connectivity index (χ0v) is 14.7. The van der Waals surface area contributed by atoms with E-state index in [-0.39, 0.29) is 29.2 Å². The van der Waals surface area contributed by atoms with Crippen molar-refractivity contribution >= 4 is 40.3 Å². The molecule has 3 aromatic rings. The minimum Gasteiger partial charge on any atom is -0.508 e. The molecule has 3 rings (SSSR count). The molecule has 0 aliphatic heterocycles. The van der Waals surface area contributed by atoms with Gasteiger partial charge in [0, 0.05) is 17.8 Å². The van der Waals surface area contributed by atoms with Crippen LogP contribution in [0.3, 0.4) is 0 Å². The fraction of sp³-hybridized carbons (Fsp3) is 0.0476. The molecular formula is C21H16N2O5. The number of fused-ring (bicyclic) bond motifs is 1. The molecule has 28 heavy (non-hydrogen) atoms. The third-order valence-corrected chi connectivity index (χ3v) is 4.05. The quantitative estimate of drug-likeness (QED) is 0.280. The number of benzene rings is 2. The summed E-state index contributed by atoms with van der Waals surface area (Å²) >= 11 is 0. The second-order valence-corrected chi connectivity index (χ2v) is 6.10. The van der Waals surface area contributed by atoms with E-state index in [2.05, 4.69) is 4.98 Å². The molecule has 0 bridgehead atoms. The molecular weight excluding hydrogens is 360 g/mol. The number of aromatic amines is 1. The predicted octanol–water partition coefficient (Wildman–Crippen LogP) is 4.04. The Hall–Kier alpha value is -4.00. The number of allylic oxidation sites excluding steroid dienone is 2. The lowest BCUT2D eigenvalue weighted by Gasteiger charge is -1.98. The van der Waals surface area contributed by atoms with Crippen LogP contribution in [0.25, 0.3) is 23.1 Å². The number of phenolic OH excluding ortho intramolecular Hbond substituents is 1. The van der Waals surface area contributed by atoms with Gasteiger partial charge in [0.25, 0.3) is 5.69 Å². The van der Waals surface area contributed by atoms with Crippen LogP contribution in [0.5, 0.6) is 5.75 Å². The summed E-state index contributed by atoms with van der Waals surface area (Å²) in [5.74, 6) is -1.03. The standard InChI is InChI=1S/C21H16N2O5/c24-17-7-8-21(23(27)28)16(12-17)4-6-19(26)13-18(25)5-2-14-1-3-15-9-10-22-20(15)11-14/h1-12,22,24H,13H2/b5-2+,6-4+. The molecule has 7 heteroatoms. The summed E-state index contributed by atoms with van der Waals surface area (Å²) in [7, 11) is 0. The van der Waals surface area contributed by atoms with Gasteiger partial charge in [-0.25, -0.2) is 0 Å². The van der Waals surface area contributed by atoms with Crippen molar-refractivity contribution in [2.75, 3.05) is 0 Å². The smallest absolute Gasteiger partial charge is 0.276 e. The van der Waals surface area contributed by atoms with Crippen molar-refractivity contribution in [3.8, 4) is 5.75 Å². The Kier molecular flexibility index (Phi) is 5.45. The Labute approximate surface area is 159 Å². The zero-order chi connectivity index (χ0) is 20.1. The summed E-state index contributed by atoms with van der Waals surface area (Å²) in [6, 6.07) is 11.1. The SMILES string of the molecule is O=C(/C=C/c1ccc2cc[nH]c2c1)CC(=O)/C=C/c1cc(O)ccc1[N+](=O)[O-]. The topological polar surface area (TPSA) is 113 Å². The number of carbonyl (C=O) groups excluding carboxylic acids is 2. The molecule has 0 aliphatic rings. The van der Waals surface area contributed by atoms with E-state index in [0.29, 0.717) is 0 Å². The number of hydrogen-bond donors (Lipinski definition) is 2. The maximum atomic E-state index is 12.0. The first-order chi connectivity index (χ1) is 13.4. The number of nitro groups is 1. The molecule has 0 aliphatic carbocycles. The van der Waals surface area contributed by atoms with Crippen molar-refractivity contribution in [3.63, 3.8) is 0 Å². The summed E-state index contributed by atoms with van der Waals surface area (Å²) in [5.41, 5.74) is 1.61. The number of hydrogen-bond acceptors (Lipinski definition) is 5. The van der Waals surface area contributed by atoms with Crippen molar-refractivity contribution in [1.82, 2.24) is 4.98 Å². The lowest BCUT2D eigenvalue weighted by molar-refractivity contribution is -0.385. The van der Waals surface area contributed by atoms with E-state index in [1.54, 1.807) is 6.08 Å². The van der Waals surface area contributed by atoms with Crippen LogP contribution in [0.2, 0.25) is 0 Å². The minimum atomic E-state index is -0.613. The van der Waals surface area contributed by atoms with Crippen LogP contribution in [0.15, 0.2) is 60.8 Å². The summed E-state index contributed by atoms with van der Waals surface area (Å²) in [4.78, 5) is 37.4. The number of aromatic hydroxyl groups is 1. The summed E-state index contributed by atoms with van der Waals surface area (Å²) < 4.78 is 0. The van der Waals surface area contributed by atoms with Crippen LogP contribution in [0.1, 0.15) is 17.5 Å². The lowest BCUT2D eigenvalue weighted by atomic mass is 10.1. The number of rotatable bonds is 7. The molecule has 2 N–H and O–H groups in total. The van der Waals surface area contributed by atoms with Crippen LogP contribution in [-0.2, 0) is 9.59 Å². The minimum absolute atomic E-state index is 0.0839. The molecule has 0 fully saturated rings. The number of H-pyrrole nitrogens is 1. The maximum absolute atomic E-state index is 12.0.